The molecule has 2 heterocycles. The lowest BCUT2D eigenvalue weighted by Gasteiger charge is -2.33. The minimum absolute atomic E-state index is 0.0131. The van der Waals surface area contributed by atoms with Crippen molar-refractivity contribution in [3.63, 3.8) is 0 Å². The number of halogens is 1. The zero-order valence-corrected chi connectivity index (χ0v) is 14.2. The Morgan fingerprint density at radius 2 is 2.12 bits per heavy atom. The summed E-state index contributed by atoms with van der Waals surface area (Å²) in [7, 11) is 0. The van der Waals surface area contributed by atoms with Crippen LogP contribution in [0.4, 0.5) is 4.39 Å². The molecule has 1 fully saturated rings. The van der Waals surface area contributed by atoms with Gasteiger partial charge in [-0.2, -0.15) is 0 Å². The fourth-order valence-electron chi connectivity index (χ4n) is 2.86. The number of carbonyl (C=O) groups is 1. The third-order valence-electron chi connectivity index (χ3n) is 4.18. The average Bonchev–Trinajstić information content (AvgIpc) is 3.00. The molecule has 7 heteroatoms. The summed E-state index contributed by atoms with van der Waals surface area (Å²) in [6.45, 7) is 8.00. The second-order valence-electron chi connectivity index (χ2n) is 6.36. The van der Waals surface area contributed by atoms with Crippen LogP contribution in [-0.2, 0) is 0 Å². The molecule has 1 aromatic heterocycles. The molecule has 2 aromatic rings. The van der Waals surface area contributed by atoms with Crippen LogP contribution in [-0.4, -0.2) is 51.2 Å². The van der Waals surface area contributed by atoms with E-state index in [0.717, 1.165) is 13.1 Å². The Labute approximate surface area is 140 Å². The van der Waals surface area contributed by atoms with Crippen LogP contribution >= 0.6 is 0 Å². The predicted octanol–water partition coefficient (Wildman–Crippen LogP) is 1.96. The molecule has 3 rings (SSSR count). The van der Waals surface area contributed by atoms with E-state index in [2.05, 4.69) is 15.4 Å². The first-order valence-electron chi connectivity index (χ1n) is 8.22. The van der Waals surface area contributed by atoms with Gasteiger partial charge in [0, 0.05) is 31.6 Å². The van der Waals surface area contributed by atoms with Crippen molar-refractivity contribution < 1.29 is 9.18 Å². The molecule has 1 aliphatic heterocycles. The van der Waals surface area contributed by atoms with E-state index in [4.69, 9.17) is 0 Å². The van der Waals surface area contributed by atoms with Crippen molar-refractivity contribution >= 4 is 5.91 Å². The highest BCUT2D eigenvalue weighted by atomic mass is 19.1. The first-order valence-corrected chi connectivity index (χ1v) is 8.22. The van der Waals surface area contributed by atoms with Crippen molar-refractivity contribution in [2.75, 3.05) is 19.6 Å². The number of rotatable bonds is 3. The number of benzene rings is 1. The number of nitrogens with one attached hydrogen (secondary N) is 1. The van der Waals surface area contributed by atoms with E-state index in [1.54, 1.807) is 23.1 Å². The minimum atomic E-state index is -0.390. The Morgan fingerprint density at radius 3 is 2.79 bits per heavy atom. The molecule has 128 valence electrons. The van der Waals surface area contributed by atoms with Crippen molar-refractivity contribution in [2.45, 2.75) is 32.7 Å². The molecular formula is C17H22FN5O. The van der Waals surface area contributed by atoms with Crippen LogP contribution < -0.4 is 5.32 Å². The molecule has 1 saturated heterocycles. The molecule has 1 aromatic carbocycles. The number of hydrogen-bond donors (Lipinski definition) is 1. The lowest BCUT2D eigenvalue weighted by molar-refractivity contribution is 0.0643. The van der Waals surface area contributed by atoms with Gasteiger partial charge in [-0.3, -0.25) is 4.79 Å². The van der Waals surface area contributed by atoms with Gasteiger partial charge in [0.1, 0.15) is 17.3 Å². The summed E-state index contributed by atoms with van der Waals surface area (Å²) in [5, 5.41) is 7.58. The lowest BCUT2D eigenvalue weighted by atomic mass is 10.2. The molecule has 0 spiro atoms. The van der Waals surface area contributed by atoms with Crippen LogP contribution in [0.2, 0.25) is 0 Å². The third kappa shape index (κ3) is 3.03. The van der Waals surface area contributed by atoms with Crippen LogP contribution in [0, 0.1) is 5.82 Å². The SMILES string of the molecule is CC(C)c1nc(C(=O)N2CCNC[C@H]2C)nn1-c1ccccc1F. The van der Waals surface area contributed by atoms with Gasteiger partial charge in [0.2, 0.25) is 5.82 Å². The number of aromatic nitrogens is 3. The second-order valence-corrected chi connectivity index (χ2v) is 6.36. The van der Waals surface area contributed by atoms with Gasteiger partial charge < -0.3 is 10.2 Å². The monoisotopic (exact) mass is 331 g/mol. The van der Waals surface area contributed by atoms with Gasteiger partial charge in [-0.1, -0.05) is 26.0 Å². The Kier molecular flexibility index (Phi) is 4.62. The fourth-order valence-corrected chi connectivity index (χ4v) is 2.86. The summed E-state index contributed by atoms with van der Waals surface area (Å²) < 4.78 is 15.6. The van der Waals surface area contributed by atoms with Crippen molar-refractivity contribution in [2.24, 2.45) is 0 Å². The maximum absolute atomic E-state index is 14.2. The maximum atomic E-state index is 14.2. The van der Waals surface area contributed by atoms with Gasteiger partial charge in [0.05, 0.1) is 0 Å². The fraction of sp³-hybridized carbons (Fsp3) is 0.471. The molecule has 0 unspecified atom stereocenters. The Bertz CT molecular complexity index is 742. The van der Waals surface area contributed by atoms with E-state index in [9.17, 15) is 9.18 Å². The highest BCUT2D eigenvalue weighted by Gasteiger charge is 2.28. The molecule has 0 bridgehead atoms. The van der Waals surface area contributed by atoms with E-state index in [0.29, 0.717) is 18.1 Å². The van der Waals surface area contributed by atoms with Gasteiger partial charge in [0.15, 0.2) is 0 Å². The molecule has 1 N–H and O–H groups in total. The highest BCUT2D eigenvalue weighted by molar-refractivity contribution is 5.90. The molecule has 0 aliphatic carbocycles. The third-order valence-corrected chi connectivity index (χ3v) is 4.18. The Morgan fingerprint density at radius 1 is 1.38 bits per heavy atom. The molecule has 6 nitrogen and oxygen atoms in total. The van der Waals surface area contributed by atoms with Crippen molar-refractivity contribution in [3.8, 4) is 5.69 Å². The minimum Gasteiger partial charge on any atom is -0.331 e. The average molecular weight is 331 g/mol. The standard InChI is InChI=1S/C17H22FN5O/c1-11(2)16-20-15(17(24)22-9-8-19-10-12(22)3)21-23(16)14-7-5-4-6-13(14)18/h4-7,11-12,19H,8-10H2,1-3H3/t12-/m1/s1. The number of para-hydroxylation sites is 1. The van der Waals surface area contributed by atoms with Gasteiger partial charge in [0.25, 0.3) is 5.91 Å². The van der Waals surface area contributed by atoms with Crippen LogP contribution in [0.15, 0.2) is 24.3 Å². The number of hydrogen-bond acceptors (Lipinski definition) is 4. The lowest BCUT2D eigenvalue weighted by Crippen LogP contribution is -2.52. The van der Waals surface area contributed by atoms with Crippen LogP contribution in [0.3, 0.4) is 0 Å². The zero-order valence-electron chi connectivity index (χ0n) is 14.2. The summed E-state index contributed by atoms with van der Waals surface area (Å²) in [6, 6.07) is 6.45. The van der Waals surface area contributed by atoms with E-state index in [1.165, 1.54) is 10.7 Å². The van der Waals surface area contributed by atoms with Crippen LogP contribution in [0.1, 0.15) is 43.1 Å². The molecule has 0 radical (unpaired) electrons. The van der Waals surface area contributed by atoms with E-state index >= 15 is 0 Å². The molecule has 1 aliphatic rings. The van der Waals surface area contributed by atoms with E-state index in [-0.39, 0.29) is 29.5 Å². The van der Waals surface area contributed by atoms with Crippen molar-refractivity contribution in [1.82, 2.24) is 25.0 Å². The molecule has 24 heavy (non-hydrogen) atoms. The van der Waals surface area contributed by atoms with Crippen LogP contribution in [0.25, 0.3) is 5.69 Å². The predicted molar refractivity (Wildman–Crippen MR) is 88.8 cm³/mol. The summed E-state index contributed by atoms with van der Waals surface area (Å²) in [5.74, 6) is 0.112. The number of piperazine rings is 1. The highest BCUT2D eigenvalue weighted by Crippen LogP contribution is 2.20. The van der Waals surface area contributed by atoms with Gasteiger partial charge >= 0.3 is 0 Å². The smallest absolute Gasteiger partial charge is 0.293 e. The van der Waals surface area contributed by atoms with E-state index in [1.807, 2.05) is 20.8 Å². The number of amides is 1. The number of nitrogens with zero attached hydrogens (tertiary/aromatic N) is 4. The first-order chi connectivity index (χ1) is 11.5. The second kappa shape index (κ2) is 6.68. The topological polar surface area (TPSA) is 63.1 Å². The normalized spacial score (nSPS) is 18.2. The summed E-state index contributed by atoms with van der Waals surface area (Å²) >= 11 is 0. The molecular weight excluding hydrogens is 309 g/mol. The molecule has 0 saturated carbocycles. The van der Waals surface area contributed by atoms with Gasteiger partial charge in [-0.15, -0.1) is 5.10 Å². The summed E-state index contributed by atoms with van der Waals surface area (Å²) in [5.41, 5.74) is 0.307. The van der Waals surface area contributed by atoms with Gasteiger partial charge in [-0.25, -0.2) is 14.1 Å². The quantitative estimate of drug-likeness (QED) is 0.934. The summed E-state index contributed by atoms with van der Waals surface area (Å²) in [6.07, 6.45) is 0. The van der Waals surface area contributed by atoms with Crippen LogP contribution in [0.5, 0.6) is 0 Å². The number of carbonyl (C=O) groups excluding carboxylic acids is 1. The van der Waals surface area contributed by atoms with Crippen molar-refractivity contribution in [1.29, 1.82) is 0 Å². The molecule has 1 atom stereocenters. The van der Waals surface area contributed by atoms with E-state index < -0.39 is 0 Å². The Hall–Kier alpha value is -2.28. The Balaban J connectivity index is 2.00. The van der Waals surface area contributed by atoms with Crippen molar-refractivity contribution in [3.05, 3.63) is 41.7 Å². The van der Waals surface area contributed by atoms with Gasteiger partial charge in [-0.05, 0) is 19.1 Å². The first kappa shape index (κ1) is 16.6. The zero-order chi connectivity index (χ0) is 17.3. The molecule has 1 amide bonds. The summed E-state index contributed by atoms with van der Waals surface area (Å²) in [4.78, 5) is 19.0. The largest absolute Gasteiger partial charge is 0.331 e. The maximum Gasteiger partial charge on any atom is 0.293 e.